The average molecular weight is 459 g/mol. The van der Waals surface area contributed by atoms with Crippen LogP contribution in [-0.2, 0) is 0 Å². The Labute approximate surface area is 134 Å². The molecule has 0 N–H and O–H groups in total. The molecule has 18 heavy (non-hydrogen) atoms. The minimum absolute atomic E-state index is 0.194. The summed E-state index contributed by atoms with van der Waals surface area (Å²) in [5.74, 6) is 0.229. The summed E-state index contributed by atoms with van der Waals surface area (Å²) in [6.07, 6.45) is 0. The molecule has 96 valence electrons. The zero-order valence-electron chi connectivity index (χ0n) is 9.22. The number of methoxy groups -OCH3 is 1. The third kappa shape index (κ3) is 2.98. The Morgan fingerprint density at radius 2 is 1.94 bits per heavy atom. The number of hydrogen-bond donors (Lipinski definition) is 0. The van der Waals surface area contributed by atoms with Crippen molar-refractivity contribution in [3.8, 4) is 5.75 Å². The second kappa shape index (κ2) is 6.03. The molecule has 2 rings (SSSR count). The molecule has 6 heteroatoms. The van der Waals surface area contributed by atoms with Crippen LogP contribution >= 0.6 is 59.1 Å². The van der Waals surface area contributed by atoms with Gasteiger partial charge in [0.15, 0.2) is 0 Å². The highest BCUT2D eigenvalue weighted by Crippen LogP contribution is 2.42. The number of benzene rings is 1. The predicted octanol–water partition coefficient (Wildman–Crippen LogP) is 5.91. The van der Waals surface area contributed by atoms with Crippen LogP contribution < -0.4 is 4.74 Å². The molecule has 1 atom stereocenters. The van der Waals surface area contributed by atoms with Gasteiger partial charge in [-0.05, 0) is 49.6 Å². The molecule has 0 spiro atoms. The third-order valence-electron chi connectivity index (χ3n) is 2.44. The monoisotopic (exact) mass is 456 g/mol. The molecule has 1 heterocycles. The SMILES string of the molecule is COc1ccc(C(Br)c2cc(Br)sc2Br)c(F)c1. The molecule has 0 aliphatic carbocycles. The summed E-state index contributed by atoms with van der Waals surface area (Å²) < 4.78 is 21.0. The zero-order chi connectivity index (χ0) is 13.3. The van der Waals surface area contributed by atoms with Gasteiger partial charge >= 0.3 is 0 Å². The third-order valence-corrected chi connectivity index (χ3v) is 5.81. The molecule has 0 radical (unpaired) electrons. The quantitative estimate of drug-likeness (QED) is 0.520. The molecule has 0 saturated carbocycles. The Morgan fingerprint density at radius 3 is 2.44 bits per heavy atom. The summed E-state index contributed by atoms with van der Waals surface area (Å²) in [5.41, 5.74) is 1.58. The Kier molecular flexibility index (Phi) is 4.86. The van der Waals surface area contributed by atoms with Gasteiger partial charge in [0.2, 0.25) is 0 Å². The van der Waals surface area contributed by atoms with Crippen LogP contribution in [0, 0.1) is 5.82 Å². The second-order valence-electron chi connectivity index (χ2n) is 3.53. The first-order chi connectivity index (χ1) is 8.52. The lowest BCUT2D eigenvalue weighted by Crippen LogP contribution is -1.96. The van der Waals surface area contributed by atoms with Crippen molar-refractivity contribution in [2.75, 3.05) is 7.11 Å². The Hall–Kier alpha value is 0.0900. The highest BCUT2D eigenvalue weighted by Gasteiger charge is 2.19. The van der Waals surface area contributed by atoms with Crippen LogP contribution in [0.1, 0.15) is 16.0 Å². The predicted molar refractivity (Wildman–Crippen MR) is 83.4 cm³/mol. The fourth-order valence-corrected chi connectivity index (χ4v) is 5.63. The summed E-state index contributed by atoms with van der Waals surface area (Å²) >= 11 is 12.0. The number of alkyl halides is 1. The summed E-state index contributed by atoms with van der Waals surface area (Å²) in [6.45, 7) is 0. The Balaban J connectivity index is 2.39. The van der Waals surface area contributed by atoms with Gasteiger partial charge in [0, 0.05) is 11.6 Å². The van der Waals surface area contributed by atoms with Gasteiger partial charge in [0.05, 0.1) is 19.5 Å². The summed E-state index contributed by atoms with van der Waals surface area (Å²) in [4.78, 5) is -0.194. The molecule has 1 nitrogen and oxygen atoms in total. The van der Waals surface area contributed by atoms with Crippen LogP contribution in [0.4, 0.5) is 4.39 Å². The van der Waals surface area contributed by atoms with E-state index in [9.17, 15) is 4.39 Å². The molecular formula is C12H8Br3FOS. The number of rotatable bonds is 3. The topological polar surface area (TPSA) is 9.23 Å². The maximum Gasteiger partial charge on any atom is 0.131 e. The Morgan fingerprint density at radius 1 is 1.22 bits per heavy atom. The molecule has 1 aromatic carbocycles. The molecule has 0 aliphatic rings. The standard InChI is InChI=1S/C12H8Br3FOS/c1-17-6-2-3-7(9(16)4-6)11(14)8-5-10(13)18-12(8)15/h2-5,11H,1H3. The number of ether oxygens (including phenoxy) is 1. The van der Waals surface area contributed by atoms with E-state index in [1.165, 1.54) is 13.2 Å². The van der Waals surface area contributed by atoms with Crippen LogP contribution in [0.2, 0.25) is 0 Å². The van der Waals surface area contributed by atoms with Gasteiger partial charge in [-0.25, -0.2) is 4.39 Å². The van der Waals surface area contributed by atoms with Crippen LogP contribution in [-0.4, -0.2) is 7.11 Å². The zero-order valence-corrected chi connectivity index (χ0v) is 14.8. The minimum atomic E-state index is -0.287. The van der Waals surface area contributed by atoms with E-state index in [-0.39, 0.29) is 10.6 Å². The second-order valence-corrected chi connectivity index (χ2v) is 8.19. The maximum atomic E-state index is 14.0. The highest BCUT2D eigenvalue weighted by atomic mass is 79.9. The first-order valence-electron chi connectivity index (χ1n) is 4.95. The van der Waals surface area contributed by atoms with Crippen molar-refractivity contribution in [1.82, 2.24) is 0 Å². The summed E-state index contributed by atoms with van der Waals surface area (Å²) in [6, 6.07) is 6.84. The van der Waals surface area contributed by atoms with Gasteiger partial charge in [-0.2, -0.15) is 0 Å². The summed E-state index contributed by atoms with van der Waals surface area (Å²) in [5, 5.41) is 0. The molecule has 2 aromatic rings. The molecule has 0 amide bonds. The van der Waals surface area contributed by atoms with Gasteiger partial charge in [0.25, 0.3) is 0 Å². The normalized spacial score (nSPS) is 12.5. The van der Waals surface area contributed by atoms with Crippen LogP contribution in [0.15, 0.2) is 31.8 Å². The van der Waals surface area contributed by atoms with Gasteiger partial charge < -0.3 is 4.74 Å². The van der Waals surface area contributed by atoms with E-state index in [1.807, 2.05) is 6.07 Å². The van der Waals surface area contributed by atoms with E-state index in [0.29, 0.717) is 11.3 Å². The number of hydrogen-bond acceptors (Lipinski definition) is 2. The lowest BCUT2D eigenvalue weighted by molar-refractivity contribution is 0.411. The minimum Gasteiger partial charge on any atom is -0.497 e. The first kappa shape index (κ1) is 14.5. The molecule has 0 fully saturated rings. The van der Waals surface area contributed by atoms with Crippen molar-refractivity contribution in [1.29, 1.82) is 0 Å². The molecular weight excluding hydrogens is 451 g/mol. The maximum absolute atomic E-state index is 14.0. The van der Waals surface area contributed by atoms with E-state index in [0.717, 1.165) is 13.1 Å². The number of halogens is 4. The lowest BCUT2D eigenvalue weighted by atomic mass is 10.1. The fourth-order valence-electron chi connectivity index (χ4n) is 1.53. The average Bonchev–Trinajstić information content (AvgIpc) is 2.67. The molecule has 1 aromatic heterocycles. The molecule has 0 aliphatic heterocycles. The Bertz CT molecular complexity index is 570. The smallest absolute Gasteiger partial charge is 0.131 e. The van der Waals surface area contributed by atoms with Crippen molar-refractivity contribution in [3.05, 3.63) is 48.8 Å². The van der Waals surface area contributed by atoms with Crippen molar-refractivity contribution in [2.45, 2.75) is 4.83 Å². The molecule has 0 saturated heterocycles. The van der Waals surface area contributed by atoms with Crippen molar-refractivity contribution in [2.24, 2.45) is 0 Å². The van der Waals surface area contributed by atoms with E-state index >= 15 is 0 Å². The first-order valence-corrected chi connectivity index (χ1v) is 8.27. The van der Waals surface area contributed by atoms with Crippen LogP contribution in [0.3, 0.4) is 0 Å². The van der Waals surface area contributed by atoms with E-state index in [2.05, 4.69) is 47.8 Å². The highest BCUT2D eigenvalue weighted by molar-refractivity contribution is 9.12. The van der Waals surface area contributed by atoms with Gasteiger partial charge in [-0.3, -0.25) is 0 Å². The van der Waals surface area contributed by atoms with Crippen LogP contribution in [0.5, 0.6) is 5.75 Å². The lowest BCUT2D eigenvalue weighted by Gasteiger charge is -2.11. The van der Waals surface area contributed by atoms with Gasteiger partial charge in [0.1, 0.15) is 11.6 Å². The van der Waals surface area contributed by atoms with E-state index in [1.54, 1.807) is 23.5 Å². The largest absolute Gasteiger partial charge is 0.497 e. The van der Waals surface area contributed by atoms with Crippen molar-refractivity contribution >= 4 is 59.1 Å². The van der Waals surface area contributed by atoms with Crippen LogP contribution in [0.25, 0.3) is 0 Å². The van der Waals surface area contributed by atoms with Gasteiger partial charge in [-0.1, -0.05) is 22.0 Å². The van der Waals surface area contributed by atoms with Gasteiger partial charge in [-0.15, -0.1) is 11.3 Å². The molecule has 0 bridgehead atoms. The van der Waals surface area contributed by atoms with Crippen molar-refractivity contribution in [3.63, 3.8) is 0 Å². The van der Waals surface area contributed by atoms with E-state index in [4.69, 9.17) is 4.74 Å². The number of thiophene rings is 1. The van der Waals surface area contributed by atoms with Crippen molar-refractivity contribution < 1.29 is 9.13 Å². The summed E-state index contributed by atoms with van der Waals surface area (Å²) in [7, 11) is 1.52. The fraction of sp³-hybridized carbons (Fsp3) is 0.167. The molecule has 1 unspecified atom stereocenters. The van der Waals surface area contributed by atoms with E-state index < -0.39 is 0 Å².